The lowest BCUT2D eigenvalue weighted by atomic mass is 10.2. The number of ether oxygens (including phenoxy) is 1. The van der Waals surface area contributed by atoms with Crippen molar-refractivity contribution in [3.63, 3.8) is 0 Å². The highest BCUT2D eigenvalue weighted by Crippen LogP contribution is 2.28. The van der Waals surface area contributed by atoms with Crippen molar-refractivity contribution in [1.29, 1.82) is 0 Å². The number of rotatable bonds is 6. The second kappa shape index (κ2) is 7.85. The molecule has 0 bridgehead atoms. The Bertz CT molecular complexity index is 852. The number of aryl methyl sites for hydroxylation is 1. The summed E-state index contributed by atoms with van der Waals surface area (Å²) in [6.45, 7) is 2.65. The third-order valence-corrected chi connectivity index (χ3v) is 3.89. The molecule has 2 aromatic carbocycles. The van der Waals surface area contributed by atoms with Crippen LogP contribution in [-0.4, -0.2) is 17.1 Å². The van der Waals surface area contributed by atoms with E-state index in [1.165, 1.54) is 0 Å². The van der Waals surface area contributed by atoms with Crippen molar-refractivity contribution in [2.75, 3.05) is 17.7 Å². The van der Waals surface area contributed by atoms with Gasteiger partial charge in [-0.05, 0) is 48.4 Å². The molecule has 3 aromatic rings. The molecule has 0 saturated carbocycles. The normalized spacial score (nSPS) is 10.4. The van der Waals surface area contributed by atoms with Crippen molar-refractivity contribution in [3.8, 4) is 5.75 Å². The highest BCUT2D eigenvalue weighted by Gasteiger charge is 2.06. The second-order valence-corrected chi connectivity index (χ2v) is 6.01. The zero-order valence-electron chi connectivity index (χ0n) is 14.1. The fraction of sp³-hybridized carbons (Fsp3) is 0.158. The van der Waals surface area contributed by atoms with Crippen LogP contribution >= 0.6 is 11.6 Å². The van der Waals surface area contributed by atoms with Gasteiger partial charge in [0.2, 0.25) is 5.95 Å². The van der Waals surface area contributed by atoms with Crippen LogP contribution in [0.15, 0.2) is 54.7 Å². The average Bonchev–Trinajstić information content (AvgIpc) is 2.62. The van der Waals surface area contributed by atoms with E-state index in [2.05, 4.69) is 20.6 Å². The maximum absolute atomic E-state index is 5.90. The second-order valence-electron chi connectivity index (χ2n) is 5.57. The van der Waals surface area contributed by atoms with Crippen LogP contribution in [0.4, 0.5) is 17.5 Å². The standard InChI is InChI=1S/C19H19ClN4O/c1-13-3-8-17(25-2)16(11-13)23-18-9-10-21-19(24-18)22-12-14-4-6-15(20)7-5-14/h3-11H,12H2,1-2H3,(H2,21,22,23,24). The van der Waals surface area contributed by atoms with E-state index >= 15 is 0 Å². The van der Waals surface area contributed by atoms with Crippen LogP contribution in [0, 0.1) is 6.92 Å². The van der Waals surface area contributed by atoms with E-state index in [1.54, 1.807) is 13.3 Å². The smallest absolute Gasteiger partial charge is 0.224 e. The fourth-order valence-corrected chi connectivity index (χ4v) is 2.48. The monoisotopic (exact) mass is 354 g/mol. The van der Waals surface area contributed by atoms with Gasteiger partial charge in [-0.15, -0.1) is 0 Å². The van der Waals surface area contributed by atoms with Gasteiger partial charge in [0.05, 0.1) is 12.8 Å². The predicted molar refractivity (Wildman–Crippen MR) is 102 cm³/mol. The lowest BCUT2D eigenvalue weighted by Gasteiger charge is -2.12. The molecule has 0 fully saturated rings. The molecule has 0 unspecified atom stereocenters. The molecular formula is C19H19ClN4O. The summed E-state index contributed by atoms with van der Waals surface area (Å²) in [6.07, 6.45) is 1.71. The molecule has 3 rings (SSSR count). The summed E-state index contributed by atoms with van der Waals surface area (Å²) >= 11 is 5.90. The molecule has 0 saturated heterocycles. The molecule has 128 valence electrons. The first-order valence-electron chi connectivity index (χ1n) is 7.87. The van der Waals surface area contributed by atoms with E-state index in [0.29, 0.717) is 18.3 Å². The van der Waals surface area contributed by atoms with Crippen LogP contribution < -0.4 is 15.4 Å². The molecule has 6 heteroatoms. The zero-order chi connectivity index (χ0) is 17.6. The number of anilines is 3. The maximum Gasteiger partial charge on any atom is 0.224 e. The van der Waals surface area contributed by atoms with Crippen LogP contribution in [0.25, 0.3) is 0 Å². The van der Waals surface area contributed by atoms with E-state index in [9.17, 15) is 0 Å². The number of hydrogen-bond acceptors (Lipinski definition) is 5. The van der Waals surface area contributed by atoms with Gasteiger partial charge < -0.3 is 15.4 Å². The van der Waals surface area contributed by atoms with Crippen molar-refractivity contribution in [2.45, 2.75) is 13.5 Å². The third kappa shape index (κ3) is 4.61. The number of methoxy groups -OCH3 is 1. The summed E-state index contributed by atoms with van der Waals surface area (Å²) in [4.78, 5) is 8.75. The molecule has 2 N–H and O–H groups in total. The number of nitrogens with one attached hydrogen (secondary N) is 2. The third-order valence-electron chi connectivity index (χ3n) is 3.64. The molecule has 0 aliphatic rings. The minimum atomic E-state index is 0.548. The van der Waals surface area contributed by atoms with Crippen molar-refractivity contribution in [2.24, 2.45) is 0 Å². The summed E-state index contributed by atoms with van der Waals surface area (Å²) in [7, 11) is 1.65. The highest BCUT2D eigenvalue weighted by molar-refractivity contribution is 6.30. The minimum absolute atomic E-state index is 0.548. The van der Waals surface area contributed by atoms with Gasteiger partial charge in [-0.25, -0.2) is 4.98 Å². The maximum atomic E-state index is 5.90. The van der Waals surface area contributed by atoms with Crippen LogP contribution in [0.5, 0.6) is 5.75 Å². The van der Waals surface area contributed by atoms with Crippen LogP contribution in [0.2, 0.25) is 5.02 Å². The van der Waals surface area contributed by atoms with Gasteiger partial charge in [0, 0.05) is 17.8 Å². The Morgan fingerprint density at radius 3 is 2.64 bits per heavy atom. The van der Waals surface area contributed by atoms with Crippen molar-refractivity contribution in [1.82, 2.24) is 9.97 Å². The number of aromatic nitrogens is 2. The SMILES string of the molecule is COc1ccc(C)cc1Nc1ccnc(NCc2ccc(Cl)cc2)n1. The Kier molecular flexibility index (Phi) is 5.36. The number of nitrogens with zero attached hydrogens (tertiary/aromatic N) is 2. The number of benzene rings is 2. The summed E-state index contributed by atoms with van der Waals surface area (Å²) in [5.74, 6) is 2.00. The molecular weight excluding hydrogens is 336 g/mol. The molecule has 1 aromatic heterocycles. The number of hydrogen-bond donors (Lipinski definition) is 2. The molecule has 25 heavy (non-hydrogen) atoms. The number of halogens is 1. The molecule has 0 atom stereocenters. The van der Waals surface area contributed by atoms with E-state index in [-0.39, 0.29) is 0 Å². The Morgan fingerprint density at radius 1 is 1.08 bits per heavy atom. The van der Waals surface area contributed by atoms with Crippen molar-refractivity contribution >= 4 is 29.1 Å². The summed E-state index contributed by atoms with van der Waals surface area (Å²) in [6, 6.07) is 15.4. The first-order chi connectivity index (χ1) is 12.1. The molecule has 1 heterocycles. The topological polar surface area (TPSA) is 59.1 Å². The Labute approximate surface area is 152 Å². The van der Waals surface area contributed by atoms with E-state index in [0.717, 1.165) is 27.6 Å². The molecule has 0 amide bonds. The Hall–Kier alpha value is -2.79. The van der Waals surface area contributed by atoms with Crippen molar-refractivity contribution in [3.05, 3.63) is 70.9 Å². The first kappa shape index (κ1) is 17.0. The first-order valence-corrected chi connectivity index (χ1v) is 8.25. The van der Waals surface area contributed by atoms with Crippen LogP contribution in [0.3, 0.4) is 0 Å². The molecule has 0 aliphatic heterocycles. The molecule has 0 radical (unpaired) electrons. The van der Waals surface area contributed by atoms with Gasteiger partial charge in [0.15, 0.2) is 0 Å². The van der Waals surface area contributed by atoms with Crippen molar-refractivity contribution < 1.29 is 4.74 Å². The highest BCUT2D eigenvalue weighted by atomic mass is 35.5. The summed E-state index contributed by atoms with van der Waals surface area (Å²) in [5.41, 5.74) is 3.11. The Morgan fingerprint density at radius 2 is 1.88 bits per heavy atom. The quantitative estimate of drug-likeness (QED) is 0.665. The van der Waals surface area contributed by atoms with Gasteiger partial charge in [0.1, 0.15) is 11.6 Å². The predicted octanol–water partition coefficient (Wildman–Crippen LogP) is 4.80. The molecule has 5 nitrogen and oxygen atoms in total. The van der Waals surface area contributed by atoms with Gasteiger partial charge >= 0.3 is 0 Å². The molecule has 0 spiro atoms. The van der Waals surface area contributed by atoms with Crippen LogP contribution in [0.1, 0.15) is 11.1 Å². The Balaban J connectivity index is 1.71. The summed E-state index contributed by atoms with van der Waals surface area (Å²) < 4.78 is 5.39. The summed E-state index contributed by atoms with van der Waals surface area (Å²) in [5, 5.41) is 7.21. The van der Waals surface area contributed by atoms with E-state index in [1.807, 2.05) is 55.5 Å². The van der Waals surface area contributed by atoms with Gasteiger partial charge in [0.25, 0.3) is 0 Å². The van der Waals surface area contributed by atoms with E-state index < -0.39 is 0 Å². The lowest BCUT2D eigenvalue weighted by molar-refractivity contribution is 0.416. The minimum Gasteiger partial charge on any atom is -0.495 e. The zero-order valence-corrected chi connectivity index (χ0v) is 14.8. The fourth-order valence-electron chi connectivity index (χ4n) is 2.35. The van der Waals surface area contributed by atoms with E-state index in [4.69, 9.17) is 16.3 Å². The average molecular weight is 355 g/mol. The van der Waals surface area contributed by atoms with Gasteiger partial charge in [-0.1, -0.05) is 29.8 Å². The largest absolute Gasteiger partial charge is 0.495 e. The van der Waals surface area contributed by atoms with Gasteiger partial charge in [-0.2, -0.15) is 4.98 Å². The van der Waals surface area contributed by atoms with Crippen LogP contribution in [-0.2, 0) is 6.54 Å². The van der Waals surface area contributed by atoms with Gasteiger partial charge in [-0.3, -0.25) is 0 Å². The molecule has 0 aliphatic carbocycles. The lowest BCUT2D eigenvalue weighted by Crippen LogP contribution is -2.05.